The Morgan fingerprint density at radius 3 is 2.82 bits per heavy atom. The molecule has 5 heteroatoms. The summed E-state index contributed by atoms with van der Waals surface area (Å²) in [6, 6.07) is 1.90. The van der Waals surface area contributed by atoms with Gasteiger partial charge in [-0.1, -0.05) is 6.92 Å². The maximum Gasteiger partial charge on any atom is 0.213 e. The standard InChI is InChI=1S/C12H16N4O/c1-3-9-5-16-12(17-9)7-15-11-4-8(2)10(13)6-14-11/h4-6H,3,7,13H2,1-2H3,(H,14,15). The lowest BCUT2D eigenvalue weighted by Gasteiger charge is -2.05. The Balaban J connectivity index is 1.99. The lowest BCUT2D eigenvalue weighted by molar-refractivity contribution is 0.465. The number of hydrogen-bond donors (Lipinski definition) is 2. The Morgan fingerprint density at radius 2 is 2.18 bits per heavy atom. The number of aryl methyl sites for hydroxylation is 2. The van der Waals surface area contributed by atoms with E-state index in [1.165, 1.54) is 0 Å². The smallest absolute Gasteiger partial charge is 0.213 e. The van der Waals surface area contributed by atoms with Crippen LogP contribution in [0.4, 0.5) is 11.5 Å². The predicted molar refractivity (Wildman–Crippen MR) is 66.6 cm³/mol. The molecule has 0 aromatic carbocycles. The molecule has 5 nitrogen and oxygen atoms in total. The molecule has 0 fully saturated rings. The van der Waals surface area contributed by atoms with Crippen molar-refractivity contribution in [3.8, 4) is 0 Å². The van der Waals surface area contributed by atoms with Gasteiger partial charge in [0.1, 0.15) is 11.6 Å². The first-order valence-corrected chi connectivity index (χ1v) is 5.58. The molecular formula is C12H16N4O. The number of nitrogens with zero attached hydrogens (tertiary/aromatic N) is 2. The minimum atomic E-state index is 0.524. The summed E-state index contributed by atoms with van der Waals surface area (Å²) >= 11 is 0. The van der Waals surface area contributed by atoms with Crippen LogP contribution in [0.15, 0.2) is 22.9 Å². The van der Waals surface area contributed by atoms with Crippen LogP contribution in [0.3, 0.4) is 0 Å². The molecule has 0 saturated heterocycles. The number of anilines is 2. The number of hydrogen-bond acceptors (Lipinski definition) is 5. The molecule has 0 unspecified atom stereocenters. The van der Waals surface area contributed by atoms with Gasteiger partial charge in [-0.05, 0) is 18.6 Å². The van der Waals surface area contributed by atoms with Gasteiger partial charge >= 0.3 is 0 Å². The van der Waals surface area contributed by atoms with Gasteiger partial charge in [-0.2, -0.15) is 0 Å². The van der Waals surface area contributed by atoms with Gasteiger partial charge in [0.2, 0.25) is 5.89 Å². The molecule has 2 heterocycles. The van der Waals surface area contributed by atoms with Crippen LogP contribution in [0.2, 0.25) is 0 Å². The van der Waals surface area contributed by atoms with Crippen LogP contribution >= 0.6 is 0 Å². The van der Waals surface area contributed by atoms with Gasteiger partial charge in [-0.3, -0.25) is 0 Å². The highest BCUT2D eigenvalue weighted by atomic mass is 16.4. The number of pyridine rings is 1. The fourth-order valence-corrected chi connectivity index (χ4v) is 1.42. The molecule has 90 valence electrons. The zero-order chi connectivity index (χ0) is 12.3. The monoisotopic (exact) mass is 232 g/mol. The molecule has 0 atom stereocenters. The van der Waals surface area contributed by atoms with Crippen molar-refractivity contribution in [1.82, 2.24) is 9.97 Å². The summed E-state index contributed by atoms with van der Waals surface area (Å²) in [6.45, 7) is 4.50. The molecule has 0 aliphatic rings. The summed E-state index contributed by atoms with van der Waals surface area (Å²) in [5, 5.41) is 3.14. The number of oxazole rings is 1. The first kappa shape index (κ1) is 11.4. The van der Waals surface area contributed by atoms with Crippen molar-refractivity contribution in [1.29, 1.82) is 0 Å². The van der Waals surface area contributed by atoms with E-state index in [9.17, 15) is 0 Å². The van der Waals surface area contributed by atoms with E-state index in [4.69, 9.17) is 10.2 Å². The summed E-state index contributed by atoms with van der Waals surface area (Å²) in [5.41, 5.74) is 7.39. The van der Waals surface area contributed by atoms with Crippen LogP contribution < -0.4 is 11.1 Å². The zero-order valence-corrected chi connectivity index (χ0v) is 10.0. The van der Waals surface area contributed by atoms with Crippen molar-refractivity contribution in [3.05, 3.63) is 35.7 Å². The van der Waals surface area contributed by atoms with Crippen molar-refractivity contribution in [2.75, 3.05) is 11.1 Å². The van der Waals surface area contributed by atoms with E-state index in [0.717, 1.165) is 23.6 Å². The van der Waals surface area contributed by atoms with Crippen LogP contribution in [0.5, 0.6) is 0 Å². The summed E-state index contributed by atoms with van der Waals surface area (Å²) in [7, 11) is 0. The van der Waals surface area contributed by atoms with Crippen molar-refractivity contribution in [3.63, 3.8) is 0 Å². The number of nitrogens with one attached hydrogen (secondary N) is 1. The second-order valence-electron chi connectivity index (χ2n) is 3.85. The molecule has 0 aliphatic carbocycles. The molecule has 2 rings (SSSR count). The fraction of sp³-hybridized carbons (Fsp3) is 0.333. The molecule has 0 aliphatic heterocycles. The Kier molecular flexibility index (Phi) is 3.27. The summed E-state index contributed by atoms with van der Waals surface area (Å²) in [5.74, 6) is 2.33. The van der Waals surface area contributed by atoms with E-state index in [0.29, 0.717) is 18.1 Å². The lowest BCUT2D eigenvalue weighted by atomic mass is 10.2. The third-order valence-corrected chi connectivity index (χ3v) is 2.52. The van der Waals surface area contributed by atoms with Gasteiger partial charge in [0.15, 0.2) is 0 Å². The van der Waals surface area contributed by atoms with E-state index in [2.05, 4.69) is 15.3 Å². The predicted octanol–water partition coefficient (Wildman–Crippen LogP) is 2.13. The van der Waals surface area contributed by atoms with Crippen molar-refractivity contribution >= 4 is 11.5 Å². The fourth-order valence-electron chi connectivity index (χ4n) is 1.42. The molecule has 0 bridgehead atoms. The van der Waals surface area contributed by atoms with Gasteiger partial charge in [0.05, 0.1) is 24.6 Å². The third kappa shape index (κ3) is 2.75. The molecular weight excluding hydrogens is 216 g/mol. The molecule has 2 aromatic rings. The summed E-state index contributed by atoms with van der Waals surface area (Å²) in [4.78, 5) is 8.34. The number of aromatic nitrogens is 2. The zero-order valence-electron chi connectivity index (χ0n) is 10.0. The molecule has 0 spiro atoms. The molecule has 3 N–H and O–H groups in total. The van der Waals surface area contributed by atoms with Crippen LogP contribution in [0.1, 0.15) is 24.1 Å². The second kappa shape index (κ2) is 4.86. The van der Waals surface area contributed by atoms with Gasteiger partial charge in [0.25, 0.3) is 0 Å². The molecule has 0 saturated carbocycles. The van der Waals surface area contributed by atoms with E-state index in [-0.39, 0.29) is 0 Å². The highest BCUT2D eigenvalue weighted by Gasteiger charge is 2.03. The first-order chi connectivity index (χ1) is 8.19. The van der Waals surface area contributed by atoms with Gasteiger partial charge in [-0.15, -0.1) is 0 Å². The normalized spacial score (nSPS) is 10.5. The topological polar surface area (TPSA) is 77.0 Å². The Labute approximate surface area is 100 Å². The van der Waals surface area contributed by atoms with Crippen LogP contribution in [-0.4, -0.2) is 9.97 Å². The Hall–Kier alpha value is -2.04. The quantitative estimate of drug-likeness (QED) is 0.844. The van der Waals surface area contributed by atoms with Crippen LogP contribution in [0.25, 0.3) is 0 Å². The number of nitrogen functional groups attached to an aromatic ring is 1. The van der Waals surface area contributed by atoms with Gasteiger partial charge < -0.3 is 15.5 Å². The van der Waals surface area contributed by atoms with Crippen molar-refractivity contribution in [2.45, 2.75) is 26.8 Å². The minimum Gasteiger partial charge on any atom is -0.444 e. The third-order valence-electron chi connectivity index (χ3n) is 2.52. The maximum absolute atomic E-state index is 5.70. The number of nitrogens with two attached hydrogens (primary N) is 1. The summed E-state index contributed by atoms with van der Waals surface area (Å²) in [6.07, 6.45) is 4.25. The average molecular weight is 232 g/mol. The van der Waals surface area contributed by atoms with Gasteiger partial charge in [0, 0.05) is 6.42 Å². The number of rotatable bonds is 4. The van der Waals surface area contributed by atoms with Crippen LogP contribution in [0, 0.1) is 6.92 Å². The first-order valence-electron chi connectivity index (χ1n) is 5.58. The highest BCUT2D eigenvalue weighted by Crippen LogP contribution is 2.14. The molecule has 17 heavy (non-hydrogen) atoms. The molecule has 0 radical (unpaired) electrons. The van der Waals surface area contributed by atoms with E-state index >= 15 is 0 Å². The summed E-state index contributed by atoms with van der Waals surface area (Å²) < 4.78 is 5.48. The Morgan fingerprint density at radius 1 is 1.35 bits per heavy atom. The van der Waals surface area contributed by atoms with Crippen molar-refractivity contribution < 1.29 is 4.42 Å². The minimum absolute atomic E-state index is 0.524. The Bertz CT molecular complexity index is 507. The van der Waals surface area contributed by atoms with E-state index in [1.807, 2.05) is 19.9 Å². The second-order valence-corrected chi connectivity index (χ2v) is 3.85. The molecule has 0 amide bonds. The maximum atomic E-state index is 5.70. The lowest BCUT2D eigenvalue weighted by Crippen LogP contribution is -2.02. The van der Waals surface area contributed by atoms with Gasteiger partial charge in [-0.25, -0.2) is 9.97 Å². The van der Waals surface area contributed by atoms with Crippen molar-refractivity contribution in [2.24, 2.45) is 0 Å². The van der Waals surface area contributed by atoms with Crippen LogP contribution in [-0.2, 0) is 13.0 Å². The SMILES string of the molecule is CCc1cnc(CNc2cc(C)c(N)cn2)o1. The molecule has 2 aromatic heterocycles. The average Bonchev–Trinajstić information content (AvgIpc) is 2.79. The largest absolute Gasteiger partial charge is 0.444 e. The van der Waals surface area contributed by atoms with E-state index < -0.39 is 0 Å². The highest BCUT2D eigenvalue weighted by molar-refractivity contribution is 5.50. The van der Waals surface area contributed by atoms with E-state index in [1.54, 1.807) is 12.4 Å².